The van der Waals surface area contributed by atoms with Gasteiger partial charge in [-0.3, -0.25) is 0 Å². The summed E-state index contributed by atoms with van der Waals surface area (Å²) in [7, 11) is 0. The highest BCUT2D eigenvalue weighted by molar-refractivity contribution is 5.52. The Morgan fingerprint density at radius 1 is 1.29 bits per heavy atom. The molecule has 0 aromatic heterocycles. The highest BCUT2D eigenvalue weighted by Crippen LogP contribution is 2.27. The number of piperidine rings is 1. The number of rotatable bonds is 5. The van der Waals surface area contributed by atoms with Crippen LogP contribution in [0.25, 0.3) is 0 Å². The van der Waals surface area contributed by atoms with Crippen molar-refractivity contribution < 1.29 is 8.78 Å². The van der Waals surface area contributed by atoms with E-state index in [2.05, 4.69) is 5.32 Å². The molecule has 114 valence electrons. The number of anilines is 1. The van der Waals surface area contributed by atoms with E-state index in [1.165, 1.54) is 0 Å². The zero-order valence-corrected chi connectivity index (χ0v) is 12.3. The third-order valence-electron chi connectivity index (χ3n) is 3.89. The first kappa shape index (κ1) is 15.7. The van der Waals surface area contributed by atoms with Crippen molar-refractivity contribution in [2.75, 3.05) is 31.1 Å². The molecule has 1 aromatic carbocycles. The lowest BCUT2D eigenvalue weighted by Gasteiger charge is -2.32. The van der Waals surface area contributed by atoms with Crippen molar-refractivity contribution in [3.8, 4) is 6.07 Å². The second kappa shape index (κ2) is 7.37. The monoisotopic (exact) mass is 293 g/mol. The van der Waals surface area contributed by atoms with Crippen molar-refractivity contribution in [1.82, 2.24) is 5.32 Å². The summed E-state index contributed by atoms with van der Waals surface area (Å²) in [4.78, 5) is 1.79. The largest absolute Gasteiger partial charge is 0.367 e. The van der Waals surface area contributed by atoms with Crippen LogP contribution in [-0.2, 0) is 0 Å². The molecule has 0 saturated carbocycles. The Bertz CT molecular complexity index is 496. The summed E-state index contributed by atoms with van der Waals surface area (Å²) in [5.74, 6) is -0.838. The number of benzene rings is 1. The van der Waals surface area contributed by atoms with Gasteiger partial charge >= 0.3 is 0 Å². The van der Waals surface area contributed by atoms with Gasteiger partial charge in [0.2, 0.25) is 0 Å². The number of halogens is 2. The van der Waals surface area contributed by atoms with Crippen LogP contribution in [-0.4, -0.2) is 26.2 Å². The summed E-state index contributed by atoms with van der Waals surface area (Å²) in [6.45, 7) is 5.19. The summed E-state index contributed by atoms with van der Waals surface area (Å²) < 4.78 is 28.4. The maximum absolute atomic E-state index is 14.2. The van der Waals surface area contributed by atoms with Crippen LogP contribution in [0.5, 0.6) is 0 Å². The van der Waals surface area contributed by atoms with E-state index in [0.717, 1.165) is 44.5 Å². The molecule has 2 rings (SSSR count). The Balaban J connectivity index is 2.23. The van der Waals surface area contributed by atoms with Gasteiger partial charge in [-0.25, -0.2) is 8.78 Å². The Morgan fingerprint density at radius 2 is 1.90 bits per heavy atom. The molecule has 0 spiro atoms. The van der Waals surface area contributed by atoms with E-state index >= 15 is 0 Å². The first-order valence-corrected chi connectivity index (χ1v) is 7.50. The molecule has 0 atom stereocenters. The molecule has 1 aliphatic rings. The van der Waals surface area contributed by atoms with E-state index in [1.54, 1.807) is 11.0 Å². The smallest absolute Gasteiger partial charge is 0.150 e. The molecule has 1 N–H and O–H groups in total. The van der Waals surface area contributed by atoms with Crippen molar-refractivity contribution in [1.29, 1.82) is 5.26 Å². The zero-order chi connectivity index (χ0) is 15.2. The van der Waals surface area contributed by atoms with E-state index in [0.29, 0.717) is 19.0 Å². The van der Waals surface area contributed by atoms with Crippen molar-refractivity contribution in [3.63, 3.8) is 0 Å². The highest BCUT2D eigenvalue weighted by Gasteiger charge is 2.22. The van der Waals surface area contributed by atoms with Crippen LogP contribution in [0.15, 0.2) is 12.1 Å². The molecule has 0 unspecified atom stereocenters. The molecule has 0 radical (unpaired) electrons. The van der Waals surface area contributed by atoms with E-state index in [1.807, 2.05) is 6.92 Å². The third kappa shape index (κ3) is 3.92. The minimum Gasteiger partial charge on any atom is -0.367 e. The van der Waals surface area contributed by atoms with Gasteiger partial charge in [0.25, 0.3) is 0 Å². The fourth-order valence-electron chi connectivity index (χ4n) is 2.87. The number of nitrogens with one attached hydrogen (secondary N) is 1. The molecule has 3 nitrogen and oxygen atoms in total. The predicted molar refractivity (Wildman–Crippen MR) is 79.2 cm³/mol. The molecule has 0 amide bonds. The molecule has 1 heterocycles. The molecule has 21 heavy (non-hydrogen) atoms. The highest BCUT2D eigenvalue weighted by atomic mass is 19.1. The van der Waals surface area contributed by atoms with Gasteiger partial charge in [0.1, 0.15) is 5.69 Å². The Hall–Kier alpha value is -1.67. The van der Waals surface area contributed by atoms with Crippen molar-refractivity contribution in [2.24, 2.45) is 5.92 Å². The van der Waals surface area contributed by atoms with Gasteiger partial charge in [-0.2, -0.15) is 5.26 Å². The van der Waals surface area contributed by atoms with Gasteiger partial charge in [-0.1, -0.05) is 6.92 Å². The van der Waals surface area contributed by atoms with Crippen LogP contribution in [0, 0.1) is 28.9 Å². The molecule has 1 aliphatic heterocycles. The van der Waals surface area contributed by atoms with Crippen molar-refractivity contribution in [3.05, 3.63) is 29.3 Å². The molecular formula is C16H21F2N3. The minimum atomic E-state index is -0.645. The van der Waals surface area contributed by atoms with Crippen LogP contribution < -0.4 is 10.2 Å². The van der Waals surface area contributed by atoms with E-state index in [-0.39, 0.29) is 11.3 Å². The van der Waals surface area contributed by atoms with E-state index in [4.69, 9.17) is 5.26 Å². The quantitative estimate of drug-likeness (QED) is 0.907. The number of hydrogen-bond donors (Lipinski definition) is 1. The molecular weight excluding hydrogens is 272 g/mol. The fraction of sp³-hybridized carbons (Fsp3) is 0.562. The molecule has 0 bridgehead atoms. The van der Waals surface area contributed by atoms with Gasteiger partial charge in [0, 0.05) is 13.1 Å². The normalized spacial score (nSPS) is 15.7. The number of hydrogen-bond acceptors (Lipinski definition) is 3. The molecule has 0 aliphatic carbocycles. The lowest BCUT2D eigenvalue weighted by Crippen LogP contribution is -2.37. The Kier molecular flexibility index (Phi) is 5.51. The number of nitriles is 1. The van der Waals surface area contributed by atoms with Gasteiger partial charge in [0.05, 0.1) is 11.6 Å². The van der Waals surface area contributed by atoms with Crippen LogP contribution in [0.3, 0.4) is 0 Å². The van der Waals surface area contributed by atoms with Crippen LogP contribution in [0.4, 0.5) is 14.5 Å². The maximum atomic E-state index is 14.2. The lowest BCUT2D eigenvalue weighted by atomic mass is 9.97. The van der Waals surface area contributed by atoms with Crippen molar-refractivity contribution >= 4 is 5.69 Å². The minimum absolute atomic E-state index is 0.00869. The molecule has 1 aromatic rings. The second-order valence-corrected chi connectivity index (χ2v) is 5.54. The second-order valence-electron chi connectivity index (χ2n) is 5.54. The Morgan fingerprint density at radius 3 is 2.43 bits per heavy atom. The summed E-state index contributed by atoms with van der Waals surface area (Å²) in [5.41, 5.74) is 0.0291. The van der Waals surface area contributed by atoms with Gasteiger partial charge in [-0.05, 0) is 50.4 Å². The molecule has 5 heteroatoms. The van der Waals surface area contributed by atoms with Crippen molar-refractivity contribution in [2.45, 2.75) is 26.2 Å². The van der Waals surface area contributed by atoms with E-state index < -0.39 is 11.6 Å². The average molecular weight is 293 g/mol. The SMILES string of the molecule is CCCN(CC1CCNCC1)c1c(F)cc(C#N)cc1F. The Labute approximate surface area is 124 Å². The van der Waals surface area contributed by atoms with Gasteiger partial charge in [-0.15, -0.1) is 0 Å². The van der Waals surface area contributed by atoms with Gasteiger partial charge in [0.15, 0.2) is 11.6 Å². The first-order valence-electron chi connectivity index (χ1n) is 7.50. The third-order valence-corrected chi connectivity index (χ3v) is 3.89. The standard InChI is InChI=1S/C16H21F2N3/c1-2-7-21(11-12-3-5-20-6-4-12)16-14(17)8-13(10-19)9-15(16)18/h8-9,12,20H,2-7,11H2,1H3. The summed E-state index contributed by atoms with van der Waals surface area (Å²) >= 11 is 0. The maximum Gasteiger partial charge on any atom is 0.150 e. The molecule has 1 saturated heterocycles. The lowest BCUT2D eigenvalue weighted by molar-refractivity contribution is 0.371. The summed E-state index contributed by atoms with van der Waals surface area (Å²) in [6.07, 6.45) is 2.88. The van der Waals surface area contributed by atoms with Crippen LogP contribution in [0.1, 0.15) is 31.7 Å². The first-order chi connectivity index (χ1) is 10.2. The van der Waals surface area contributed by atoms with Crippen LogP contribution in [0.2, 0.25) is 0 Å². The number of nitrogens with zero attached hydrogens (tertiary/aromatic N) is 2. The summed E-state index contributed by atoms with van der Waals surface area (Å²) in [6, 6.07) is 4.01. The van der Waals surface area contributed by atoms with Crippen LogP contribution >= 0.6 is 0 Å². The summed E-state index contributed by atoms with van der Waals surface area (Å²) in [5, 5.41) is 12.1. The topological polar surface area (TPSA) is 39.1 Å². The zero-order valence-electron chi connectivity index (χ0n) is 12.3. The predicted octanol–water partition coefficient (Wildman–Crippen LogP) is 3.05. The van der Waals surface area contributed by atoms with E-state index in [9.17, 15) is 8.78 Å². The molecule has 1 fully saturated rings. The fourth-order valence-corrected chi connectivity index (χ4v) is 2.87. The van der Waals surface area contributed by atoms with Gasteiger partial charge < -0.3 is 10.2 Å². The average Bonchev–Trinajstić information content (AvgIpc) is 2.47.